The SMILES string of the molecule is CC(C)(C)c1cc(-c2cc(-c3ccccc3)ccn2)[c-]c(-c2cccc3c2nc(-c2cc(C(C)(C)C)cc(-c4ccccc4)c2O)n3-c2ccc(C3(C)CCC(C)(c4ccccc4)CC3)cc2)c1.[Pt]. The summed E-state index contributed by atoms with van der Waals surface area (Å²) in [7, 11) is 0. The molecular formula is C64H62N3OPt-. The van der Waals surface area contributed by atoms with Gasteiger partial charge in [-0.25, -0.2) is 4.98 Å². The van der Waals surface area contributed by atoms with E-state index in [1.165, 1.54) is 16.7 Å². The van der Waals surface area contributed by atoms with Crippen LogP contribution in [-0.4, -0.2) is 19.6 Å². The minimum atomic E-state index is -0.202. The quantitative estimate of drug-likeness (QED) is 0.154. The number of phenolic OH excluding ortho intramolecular Hbond substituents is 1. The fourth-order valence-corrected chi connectivity index (χ4v) is 10.3. The number of imidazole rings is 1. The van der Waals surface area contributed by atoms with Crippen LogP contribution >= 0.6 is 0 Å². The van der Waals surface area contributed by atoms with Crippen molar-refractivity contribution in [2.24, 2.45) is 0 Å². The molecule has 5 heteroatoms. The fourth-order valence-electron chi connectivity index (χ4n) is 10.3. The number of para-hydroxylation sites is 1. The van der Waals surface area contributed by atoms with Crippen LogP contribution in [-0.2, 0) is 42.7 Å². The Morgan fingerprint density at radius 1 is 0.522 bits per heavy atom. The molecule has 7 aromatic carbocycles. The number of hydrogen-bond acceptors (Lipinski definition) is 3. The first kappa shape index (κ1) is 47.7. The van der Waals surface area contributed by atoms with Gasteiger partial charge < -0.3 is 5.11 Å². The molecule has 0 spiro atoms. The molecule has 69 heavy (non-hydrogen) atoms. The van der Waals surface area contributed by atoms with Crippen LogP contribution in [0.25, 0.3) is 72.7 Å². The number of rotatable bonds is 8. The van der Waals surface area contributed by atoms with E-state index in [9.17, 15) is 5.11 Å². The molecule has 1 aliphatic rings. The topological polar surface area (TPSA) is 50.9 Å². The van der Waals surface area contributed by atoms with Crippen molar-refractivity contribution in [2.75, 3.05) is 0 Å². The first-order valence-corrected chi connectivity index (χ1v) is 24.3. The Morgan fingerprint density at radius 2 is 1.06 bits per heavy atom. The number of nitrogens with zero attached hydrogens (tertiary/aromatic N) is 3. The number of aromatic hydroxyl groups is 1. The maximum Gasteiger partial charge on any atom is 0.148 e. The summed E-state index contributed by atoms with van der Waals surface area (Å²) in [6, 6.07) is 64.3. The predicted octanol–water partition coefficient (Wildman–Crippen LogP) is 16.6. The predicted molar refractivity (Wildman–Crippen MR) is 284 cm³/mol. The standard InChI is InChI=1S/C64H62N3O.Pt/c1-61(2,3)50-38-46(37-47(39-50)56-40-45(31-36-65-56)43-19-12-9-13-20-43)53-25-18-26-57-58(53)66-60(55-42-51(62(4,5)6)41-54(59(55)68)44-21-14-10-15-22-44)67(57)52-29-27-49(28-30-52)64(8)34-32-63(7,33-35-64)48-23-16-11-17-24-48;/h9-31,36,38-42,68H,32-35H2,1-8H3;/q-1;. The molecule has 1 fully saturated rings. The molecule has 0 amide bonds. The van der Waals surface area contributed by atoms with Crippen LogP contribution in [0.4, 0.5) is 0 Å². The van der Waals surface area contributed by atoms with Crippen LogP contribution in [0.2, 0.25) is 0 Å². The molecule has 0 radical (unpaired) electrons. The maximum absolute atomic E-state index is 12.6. The molecule has 9 aromatic rings. The Morgan fingerprint density at radius 3 is 1.67 bits per heavy atom. The van der Waals surface area contributed by atoms with Gasteiger partial charge in [0, 0.05) is 44.2 Å². The van der Waals surface area contributed by atoms with E-state index in [1.807, 2.05) is 30.5 Å². The number of hydrogen-bond donors (Lipinski definition) is 1. The number of pyridine rings is 1. The van der Waals surface area contributed by atoms with Gasteiger partial charge >= 0.3 is 0 Å². The summed E-state index contributed by atoms with van der Waals surface area (Å²) in [5, 5.41) is 12.6. The van der Waals surface area contributed by atoms with Gasteiger partial charge in [-0.2, -0.15) is 0 Å². The maximum atomic E-state index is 12.6. The van der Waals surface area contributed by atoms with E-state index >= 15 is 0 Å². The van der Waals surface area contributed by atoms with E-state index in [-0.39, 0.29) is 48.5 Å². The Bertz CT molecular complexity index is 3260. The van der Waals surface area contributed by atoms with Gasteiger partial charge in [0.25, 0.3) is 0 Å². The Kier molecular flexibility index (Phi) is 12.8. The molecule has 1 N–H and O–H groups in total. The zero-order valence-corrected chi connectivity index (χ0v) is 43.4. The number of fused-ring (bicyclic) bond motifs is 1. The summed E-state index contributed by atoms with van der Waals surface area (Å²) >= 11 is 0. The third-order valence-corrected chi connectivity index (χ3v) is 14.9. The number of aromatic nitrogens is 3. The summed E-state index contributed by atoms with van der Waals surface area (Å²) in [5.41, 5.74) is 16.2. The zero-order valence-electron chi connectivity index (χ0n) is 41.2. The Labute approximate surface area is 423 Å². The van der Waals surface area contributed by atoms with E-state index in [2.05, 4.69) is 212 Å². The number of benzene rings is 7. The smallest absolute Gasteiger partial charge is 0.148 e. The van der Waals surface area contributed by atoms with E-state index in [4.69, 9.17) is 9.97 Å². The van der Waals surface area contributed by atoms with E-state index in [1.54, 1.807) is 0 Å². The molecule has 2 aromatic heterocycles. The molecular weight excluding hydrogens is 1020 g/mol. The normalized spacial score (nSPS) is 17.4. The van der Waals surface area contributed by atoms with E-state index in [0.717, 1.165) is 92.6 Å². The first-order chi connectivity index (χ1) is 32.6. The molecule has 350 valence electrons. The summed E-state index contributed by atoms with van der Waals surface area (Å²) in [6.45, 7) is 18.3. The molecule has 4 nitrogen and oxygen atoms in total. The second-order valence-electron chi connectivity index (χ2n) is 21.8. The van der Waals surface area contributed by atoms with Crippen molar-refractivity contribution in [1.82, 2.24) is 14.5 Å². The number of phenols is 1. The van der Waals surface area contributed by atoms with Gasteiger partial charge in [0.05, 0.1) is 16.6 Å². The van der Waals surface area contributed by atoms with Gasteiger partial charge in [-0.3, -0.25) is 9.55 Å². The third kappa shape index (κ3) is 9.29. The zero-order chi connectivity index (χ0) is 47.4. The molecule has 0 bridgehead atoms. The van der Waals surface area contributed by atoms with Crippen molar-refractivity contribution in [3.8, 4) is 67.5 Å². The Balaban J connectivity index is 0.00000593. The minimum Gasteiger partial charge on any atom is -0.507 e. The van der Waals surface area contributed by atoms with Gasteiger partial charge in [-0.15, -0.1) is 29.3 Å². The van der Waals surface area contributed by atoms with Gasteiger partial charge in [0.2, 0.25) is 0 Å². The summed E-state index contributed by atoms with van der Waals surface area (Å²) in [6.07, 6.45) is 6.42. The largest absolute Gasteiger partial charge is 0.507 e. The van der Waals surface area contributed by atoms with Crippen molar-refractivity contribution in [3.05, 3.63) is 204 Å². The van der Waals surface area contributed by atoms with Crippen LogP contribution in [0.15, 0.2) is 176 Å². The monoisotopic (exact) mass is 1080 g/mol. The average molecular weight is 1080 g/mol. The molecule has 0 unspecified atom stereocenters. The molecule has 2 heterocycles. The second kappa shape index (κ2) is 18.5. The van der Waals surface area contributed by atoms with Crippen LogP contribution in [0.3, 0.4) is 0 Å². The second-order valence-corrected chi connectivity index (χ2v) is 21.8. The van der Waals surface area contributed by atoms with Crippen molar-refractivity contribution in [1.29, 1.82) is 0 Å². The molecule has 1 saturated carbocycles. The van der Waals surface area contributed by atoms with Gasteiger partial charge in [0.1, 0.15) is 11.6 Å². The van der Waals surface area contributed by atoms with Crippen LogP contribution in [0.5, 0.6) is 5.75 Å². The van der Waals surface area contributed by atoms with E-state index < -0.39 is 0 Å². The summed E-state index contributed by atoms with van der Waals surface area (Å²) in [4.78, 5) is 10.6. The van der Waals surface area contributed by atoms with Gasteiger partial charge in [-0.1, -0.05) is 188 Å². The third-order valence-electron chi connectivity index (χ3n) is 14.9. The fraction of sp³-hybridized carbons (Fsp3) is 0.250. The van der Waals surface area contributed by atoms with Crippen LogP contribution in [0.1, 0.15) is 103 Å². The van der Waals surface area contributed by atoms with Gasteiger partial charge in [-0.05, 0) is 117 Å². The van der Waals surface area contributed by atoms with Crippen molar-refractivity contribution in [3.63, 3.8) is 0 Å². The summed E-state index contributed by atoms with van der Waals surface area (Å²) < 4.78 is 2.26. The molecule has 0 atom stereocenters. The Hall–Kier alpha value is -6.35. The molecule has 1 aliphatic carbocycles. The first-order valence-electron chi connectivity index (χ1n) is 24.3. The van der Waals surface area contributed by atoms with Crippen molar-refractivity contribution < 1.29 is 26.2 Å². The average Bonchev–Trinajstić information content (AvgIpc) is 3.75. The van der Waals surface area contributed by atoms with Gasteiger partial charge in [0.15, 0.2) is 0 Å². The molecule has 0 aliphatic heterocycles. The van der Waals surface area contributed by atoms with Crippen molar-refractivity contribution >= 4 is 11.0 Å². The molecule has 10 rings (SSSR count). The minimum absolute atomic E-state index is 0. The summed E-state index contributed by atoms with van der Waals surface area (Å²) in [5.74, 6) is 0.899. The van der Waals surface area contributed by atoms with E-state index in [0.29, 0.717) is 11.4 Å². The van der Waals surface area contributed by atoms with Crippen molar-refractivity contribution in [2.45, 2.75) is 103 Å². The van der Waals surface area contributed by atoms with Crippen LogP contribution in [0, 0.1) is 6.07 Å². The molecule has 0 saturated heterocycles. The van der Waals surface area contributed by atoms with Crippen LogP contribution < -0.4 is 0 Å².